The van der Waals surface area contributed by atoms with Gasteiger partial charge in [0, 0.05) is 22.9 Å². The number of halogens is 1. The second-order valence-corrected chi connectivity index (χ2v) is 13.4. The molecule has 240 valence electrons. The van der Waals surface area contributed by atoms with Crippen LogP contribution in [-0.4, -0.2) is 62.7 Å². The van der Waals surface area contributed by atoms with Crippen LogP contribution in [0.1, 0.15) is 29.2 Å². The number of allylic oxidation sites excluding steroid dienone is 1. The van der Waals surface area contributed by atoms with Crippen molar-refractivity contribution in [1.29, 1.82) is 0 Å². The molecule has 0 bridgehead atoms. The van der Waals surface area contributed by atoms with E-state index in [1.54, 1.807) is 18.3 Å². The zero-order valence-electron chi connectivity index (χ0n) is 24.7. The minimum atomic E-state index is -1.28. The molecule has 1 fully saturated rings. The van der Waals surface area contributed by atoms with Gasteiger partial charge in [-0.3, -0.25) is 14.5 Å². The van der Waals surface area contributed by atoms with E-state index in [4.69, 9.17) is 27.9 Å². The number of pyridine rings is 1. The molecule has 2 amide bonds. The van der Waals surface area contributed by atoms with Crippen LogP contribution in [0.4, 0.5) is 10.9 Å². The van der Waals surface area contributed by atoms with E-state index in [1.165, 1.54) is 23.8 Å². The molecule has 0 radical (unpaired) electrons. The van der Waals surface area contributed by atoms with Crippen molar-refractivity contribution in [3.63, 3.8) is 0 Å². The largest absolute Gasteiger partial charge is 0.477 e. The van der Waals surface area contributed by atoms with Gasteiger partial charge in [0.2, 0.25) is 0 Å². The number of carboxylic acids is 1. The fourth-order valence-electron chi connectivity index (χ4n) is 6.04. The van der Waals surface area contributed by atoms with Crippen LogP contribution in [0.5, 0.6) is 0 Å². The number of nitrogen functional groups attached to an aromatic ring is 2. The number of aromatic nitrogens is 2. The lowest BCUT2D eigenvalue weighted by Crippen LogP contribution is -2.72. The number of carbonyl (C=O) groups is 3. The number of amides is 2. The lowest BCUT2D eigenvalue weighted by molar-refractivity contribution is -0.156. The van der Waals surface area contributed by atoms with Gasteiger partial charge in [-0.2, -0.15) is 0 Å². The molecule has 0 saturated carbocycles. The van der Waals surface area contributed by atoms with E-state index in [0.29, 0.717) is 16.2 Å². The van der Waals surface area contributed by atoms with Crippen LogP contribution in [0, 0.1) is 5.92 Å². The molecule has 0 spiro atoms. The molecule has 2 aromatic carbocycles. The van der Waals surface area contributed by atoms with E-state index < -0.39 is 35.8 Å². The number of carbonyl (C=O) groups excluding carboxylic acids is 2. The highest BCUT2D eigenvalue weighted by Gasteiger charge is 2.57. The molecule has 6 N–H and O–H groups in total. The van der Waals surface area contributed by atoms with Gasteiger partial charge in [-0.15, -0.1) is 0 Å². The zero-order chi connectivity index (χ0) is 33.2. The highest BCUT2D eigenvalue weighted by atomic mass is 35.5. The van der Waals surface area contributed by atoms with Crippen LogP contribution < -0.4 is 16.8 Å². The standard InChI is InChI=1S/C32H28ClN7O5S2/c1-45-39-24(23-27(33)47-32(35)38-23)29(41)37-22-19-15-18(21(16-9-4-2-5-10-16)17-11-6-3-7-12-17)26(25(31(43)44)40(19)30(22)42)46-20-13-8-14-36-28(20)34/h2-14,18-19,21-22H,15H2,1H3,(H2,34,36)(H2,35,38)(H,37,41)(H,43,44)/t18?,19-,22+/m1/s1. The third kappa shape index (κ3) is 6.14. The van der Waals surface area contributed by atoms with Crippen LogP contribution in [0.3, 0.4) is 0 Å². The Morgan fingerprint density at radius 2 is 1.77 bits per heavy atom. The zero-order valence-corrected chi connectivity index (χ0v) is 27.1. The van der Waals surface area contributed by atoms with Gasteiger partial charge in [-0.1, -0.05) is 101 Å². The Kier molecular flexibility index (Phi) is 9.16. The van der Waals surface area contributed by atoms with Crippen LogP contribution in [0.2, 0.25) is 4.34 Å². The second kappa shape index (κ2) is 13.4. The van der Waals surface area contributed by atoms with Crippen LogP contribution >= 0.6 is 34.7 Å². The molecule has 2 aliphatic heterocycles. The van der Waals surface area contributed by atoms with Gasteiger partial charge in [0.1, 0.15) is 34.7 Å². The molecule has 3 atom stereocenters. The summed E-state index contributed by atoms with van der Waals surface area (Å²) >= 11 is 8.40. The van der Waals surface area contributed by atoms with E-state index in [1.807, 2.05) is 60.7 Å². The van der Waals surface area contributed by atoms with Crippen LogP contribution in [0.25, 0.3) is 0 Å². The van der Waals surface area contributed by atoms with Crippen LogP contribution in [0.15, 0.2) is 99.6 Å². The molecule has 12 nitrogen and oxygen atoms in total. The van der Waals surface area contributed by atoms with Crippen molar-refractivity contribution in [3.8, 4) is 0 Å². The van der Waals surface area contributed by atoms with Crippen molar-refractivity contribution < 1.29 is 24.3 Å². The lowest BCUT2D eigenvalue weighted by Gasteiger charge is -2.53. The number of thiazole rings is 1. The highest BCUT2D eigenvalue weighted by Crippen LogP contribution is 2.53. The Morgan fingerprint density at radius 1 is 1.11 bits per heavy atom. The Morgan fingerprint density at radius 3 is 2.32 bits per heavy atom. The average molecular weight is 690 g/mol. The van der Waals surface area contributed by atoms with Crippen LogP contribution in [-0.2, 0) is 19.2 Å². The third-order valence-electron chi connectivity index (χ3n) is 7.98. The molecule has 1 unspecified atom stereocenters. The van der Waals surface area contributed by atoms with Crippen molar-refractivity contribution in [1.82, 2.24) is 20.2 Å². The molecule has 4 heterocycles. The molecule has 2 aliphatic rings. The summed E-state index contributed by atoms with van der Waals surface area (Å²) in [6, 6.07) is 21.2. The molecule has 15 heteroatoms. The van der Waals surface area contributed by atoms with Gasteiger partial charge >= 0.3 is 5.97 Å². The summed E-state index contributed by atoms with van der Waals surface area (Å²) in [6.45, 7) is 0. The second-order valence-electron chi connectivity index (χ2n) is 10.7. The lowest BCUT2D eigenvalue weighted by atomic mass is 9.71. The number of nitrogens with two attached hydrogens (primary N) is 2. The Hall–Kier alpha value is -4.92. The minimum absolute atomic E-state index is 0.00533. The topological polar surface area (TPSA) is 186 Å². The number of β-lactam (4-membered cyclic amide) rings is 1. The third-order valence-corrected chi connectivity index (χ3v) is 10.3. The molecule has 2 aromatic heterocycles. The molecular weight excluding hydrogens is 662 g/mol. The van der Waals surface area contributed by atoms with Gasteiger partial charge < -0.3 is 26.7 Å². The number of carboxylic acid groups (broad SMARTS) is 1. The summed E-state index contributed by atoms with van der Waals surface area (Å²) in [5, 5.41) is 17.3. The molecule has 47 heavy (non-hydrogen) atoms. The number of thioether (sulfide) groups is 1. The Balaban J connectivity index is 1.45. The molecule has 0 aliphatic carbocycles. The number of benzene rings is 2. The average Bonchev–Trinajstić information content (AvgIpc) is 3.41. The van der Waals surface area contributed by atoms with Crippen molar-refractivity contribution in [2.45, 2.75) is 29.3 Å². The van der Waals surface area contributed by atoms with E-state index in [0.717, 1.165) is 22.5 Å². The normalized spacial score (nSPS) is 19.3. The number of aliphatic carboxylic acids is 1. The van der Waals surface area contributed by atoms with Gasteiger partial charge in [0.05, 0.1) is 10.9 Å². The van der Waals surface area contributed by atoms with E-state index in [2.05, 4.69) is 20.4 Å². The Labute approximate surface area is 282 Å². The Bertz CT molecular complexity index is 1860. The fourth-order valence-corrected chi connectivity index (χ4v) is 8.18. The number of hydrogen-bond acceptors (Lipinski definition) is 11. The number of anilines is 2. The number of fused-ring (bicyclic) bond motifs is 1. The predicted molar refractivity (Wildman–Crippen MR) is 180 cm³/mol. The summed E-state index contributed by atoms with van der Waals surface area (Å²) in [5.74, 6) is -3.19. The number of nitrogens with zero attached hydrogens (tertiary/aromatic N) is 4. The van der Waals surface area contributed by atoms with E-state index in [-0.39, 0.29) is 38.3 Å². The van der Waals surface area contributed by atoms with E-state index in [9.17, 15) is 19.5 Å². The highest BCUT2D eigenvalue weighted by molar-refractivity contribution is 8.03. The molecule has 1 saturated heterocycles. The first-order valence-corrected chi connectivity index (χ1v) is 16.3. The smallest absolute Gasteiger partial charge is 0.353 e. The summed E-state index contributed by atoms with van der Waals surface area (Å²) in [6.07, 6.45) is 1.86. The van der Waals surface area contributed by atoms with Crippen molar-refractivity contribution >= 4 is 69.1 Å². The first-order valence-electron chi connectivity index (χ1n) is 14.3. The van der Waals surface area contributed by atoms with Crippen molar-refractivity contribution in [2.24, 2.45) is 11.1 Å². The maximum Gasteiger partial charge on any atom is 0.353 e. The maximum atomic E-state index is 13.8. The summed E-state index contributed by atoms with van der Waals surface area (Å²) in [5.41, 5.74) is 13.5. The summed E-state index contributed by atoms with van der Waals surface area (Å²) in [4.78, 5) is 55.8. The quantitative estimate of drug-likeness (QED) is 0.106. The number of hydrogen-bond donors (Lipinski definition) is 4. The minimum Gasteiger partial charge on any atom is -0.477 e. The molecular formula is C32H28ClN7O5S2. The number of rotatable bonds is 10. The van der Waals surface area contributed by atoms with Gasteiger partial charge in [-0.25, -0.2) is 14.8 Å². The SMILES string of the molecule is CON=C(C(=O)N[C@@H]1C(=O)N2C(C(=O)O)=C(Sc3cccnc3N)C(C(c3ccccc3)c3ccccc3)C[C@H]12)c1nc(N)sc1Cl. The van der Waals surface area contributed by atoms with Gasteiger partial charge in [0.25, 0.3) is 11.8 Å². The van der Waals surface area contributed by atoms with Gasteiger partial charge in [-0.05, 0) is 29.7 Å². The molecule has 4 aromatic rings. The van der Waals surface area contributed by atoms with Crippen molar-refractivity contribution in [2.75, 3.05) is 18.6 Å². The predicted octanol–water partition coefficient (Wildman–Crippen LogP) is 4.34. The molecule has 6 rings (SSSR count). The summed E-state index contributed by atoms with van der Waals surface area (Å²) < 4.78 is 0.119. The monoisotopic (exact) mass is 689 g/mol. The first-order chi connectivity index (χ1) is 22.7. The first kappa shape index (κ1) is 32.0. The number of nitrogens with one attached hydrogen (secondary N) is 1. The van der Waals surface area contributed by atoms with Gasteiger partial charge in [0.15, 0.2) is 10.8 Å². The number of oxime groups is 1. The maximum absolute atomic E-state index is 13.8. The van der Waals surface area contributed by atoms with Crippen molar-refractivity contribution in [3.05, 3.63) is 111 Å². The summed E-state index contributed by atoms with van der Waals surface area (Å²) in [7, 11) is 1.25. The fraction of sp³-hybridized carbons (Fsp3) is 0.188. The van der Waals surface area contributed by atoms with E-state index >= 15 is 0 Å².